The summed E-state index contributed by atoms with van der Waals surface area (Å²) >= 11 is 0. The molecule has 1 aromatic heterocycles. The third-order valence-electron chi connectivity index (χ3n) is 0.675. The van der Waals surface area contributed by atoms with Crippen molar-refractivity contribution in [3.8, 4) is 0 Å². The highest BCUT2D eigenvalue weighted by Crippen LogP contribution is 1.73. The van der Waals surface area contributed by atoms with Gasteiger partial charge in [0.25, 0.3) is 0 Å². The van der Waals surface area contributed by atoms with E-state index in [0.717, 1.165) is 12.4 Å². The number of nitro groups is 1. The molecular weight excluding hydrogens is 128 g/mol. The minimum atomic E-state index is -0.811. The van der Waals surface area contributed by atoms with Gasteiger partial charge in [0.15, 0.2) is 11.0 Å². The van der Waals surface area contributed by atoms with E-state index in [4.69, 9.17) is 0 Å². The SMILES string of the molecule is O=[N+]([O-])n1cc[n+]([O-])n1. The van der Waals surface area contributed by atoms with Gasteiger partial charge in [-0.2, -0.15) is 0 Å². The third-order valence-corrected chi connectivity index (χ3v) is 0.675. The lowest BCUT2D eigenvalue weighted by atomic mass is 11.0. The summed E-state index contributed by atoms with van der Waals surface area (Å²) in [5, 5.41) is 21.9. The minimum Gasteiger partial charge on any atom is -0.673 e. The van der Waals surface area contributed by atoms with Gasteiger partial charge in [0.2, 0.25) is 6.20 Å². The average Bonchev–Trinajstić information content (AvgIpc) is 2.14. The third kappa shape index (κ3) is 0.929. The summed E-state index contributed by atoms with van der Waals surface area (Å²) in [5.74, 6) is 0. The Balaban J connectivity index is 2.98. The van der Waals surface area contributed by atoms with Crippen LogP contribution in [0.15, 0.2) is 12.4 Å². The van der Waals surface area contributed by atoms with Crippen molar-refractivity contribution in [3.63, 3.8) is 0 Å². The molecule has 0 radical (unpaired) electrons. The zero-order valence-electron chi connectivity index (χ0n) is 4.17. The number of nitrogens with zero attached hydrogens (tertiary/aromatic N) is 4. The summed E-state index contributed by atoms with van der Waals surface area (Å²) in [5.41, 5.74) is 0. The van der Waals surface area contributed by atoms with E-state index in [-0.39, 0.29) is 4.85 Å². The quantitative estimate of drug-likeness (QED) is 0.201. The molecule has 0 saturated heterocycles. The Labute approximate surface area is 48.8 Å². The predicted octanol–water partition coefficient (Wildman–Crippen LogP) is -1.44. The molecule has 7 nitrogen and oxygen atoms in total. The van der Waals surface area contributed by atoms with E-state index in [1.54, 1.807) is 0 Å². The van der Waals surface area contributed by atoms with Crippen LogP contribution in [-0.4, -0.2) is 15.0 Å². The lowest BCUT2D eigenvalue weighted by Crippen LogP contribution is -2.29. The number of hydrogen-bond donors (Lipinski definition) is 0. The van der Waals surface area contributed by atoms with Gasteiger partial charge in [-0.3, -0.25) is 0 Å². The van der Waals surface area contributed by atoms with E-state index < -0.39 is 5.03 Å². The van der Waals surface area contributed by atoms with Crippen molar-refractivity contribution < 1.29 is 9.88 Å². The Morgan fingerprint density at radius 3 is 2.67 bits per heavy atom. The number of hydrogen-bond acceptors (Lipinski definition) is 4. The van der Waals surface area contributed by atoms with Crippen molar-refractivity contribution in [2.24, 2.45) is 0 Å². The molecule has 0 amide bonds. The molecule has 0 unspecified atom stereocenters. The Morgan fingerprint density at radius 1 is 1.78 bits per heavy atom. The van der Waals surface area contributed by atoms with Crippen molar-refractivity contribution in [1.29, 1.82) is 0 Å². The molecule has 48 valence electrons. The second-order valence-corrected chi connectivity index (χ2v) is 1.25. The molecule has 0 atom stereocenters. The minimum absolute atomic E-state index is 0.100. The lowest BCUT2D eigenvalue weighted by Gasteiger charge is -1.78. The molecule has 0 saturated carbocycles. The fourth-order valence-electron chi connectivity index (χ4n) is 0.354. The van der Waals surface area contributed by atoms with Gasteiger partial charge in [-0.25, -0.2) is 0 Å². The molecular formula is C2H2N4O3. The van der Waals surface area contributed by atoms with Crippen molar-refractivity contribution in [1.82, 2.24) is 10.0 Å². The standard InChI is InChI=1S/C2H2N4O3/c7-5-2-1-4(3-5)6(8)9/h1-2H. The smallest absolute Gasteiger partial charge is 0.345 e. The van der Waals surface area contributed by atoms with E-state index in [1.807, 2.05) is 0 Å². The fraction of sp³-hybridized carbons (Fsp3) is 0. The van der Waals surface area contributed by atoms with Gasteiger partial charge in [-0.1, -0.05) is 0 Å². The van der Waals surface area contributed by atoms with Crippen molar-refractivity contribution >= 4 is 0 Å². The topological polar surface area (TPSA) is 87.9 Å². The summed E-state index contributed by atoms with van der Waals surface area (Å²) < 4.78 is 0. The summed E-state index contributed by atoms with van der Waals surface area (Å²) in [6.07, 6.45) is 1.88. The van der Waals surface area contributed by atoms with Gasteiger partial charge >= 0.3 is 5.21 Å². The van der Waals surface area contributed by atoms with Gasteiger partial charge in [0, 0.05) is 0 Å². The molecule has 0 aromatic carbocycles. The zero-order valence-corrected chi connectivity index (χ0v) is 4.17. The molecule has 0 fully saturated rings. The van der Waals surface area contributed by atoms with Gasteiger partial charge < -0.3 is 15.3 Å². The van der Waals surface area contributed by atoms with E-state index >= 15 is 0 Å². The molecule has 0 N–H and O–H groups in total. The van der Waals surface area contributed by atoms with Crippen LogP contribution < -0.4 is 4.85 Å². The maximum absolute atomic E-state index is 10.1. The van der Waals surface area contributed by atoms with Crippen LogP contribution in [0.5, 0.6) is 0 Å². The first-order chi connectivity index (χ1) is 4.20. The van der Waals surface area contributed by atoms with Crippen LogP contribution in [0.3, 0.4) is 0 Å². The monoisotopic (exact) mass is 130 g/mol. The highest BCUT2D eigenvalue weighted by atomic mass is 16.7. The Hall–Kier alpha value is -1.66. The molecule has 0 aliphatic rings. The molecule has 0 aliphatic heterocycles. The van der Waals surface area contributed by atoms with Gasteiger partial charge in [-0.15, -0.1) is 0 Å². The van der Waals surface area contributed by atoms with Crippen LogP contribution in [0.4, 0.5) is 0 Å². The molecule has 0 spiro atoms. The molecule has 1 heterocycles. The maximum Gasteiger partial charge on any atom is 0.345 e. The molecule has 1 aromatic rings. The van der Waals surface area contributed by atoms with Crippen LogP contribution in [0.1, 0.15) is 0 Å². The molecule has 1 rings (SSSR count). The van der Waals surface area contributed by atoms with E-state index in [0.29, 0.717) is 4.79 Å². The number of rotatable bonds is 1. The molecule has 0 bridgehead atoms. The highest BCUT2D eigenvalue weighted by molar-refractivity contribution is 4.51. The van der Waals surface area contributed by atoms with Crippen LogP contribution in [0.25, 0.3) is 0 Å². The zero-order chi connectivity index (χ0) is 6.85. The van der Waals surface area contributed by atoms with Crippen molar-refractivity contribution in [2.75, 3.05) is 0 Å². The normalized spacial score (nSPS) is 9.33. The summed E-state index contributed by atoms with van der Waals surface area (Å²) in [4.78, 5) is 10.2. The second kappa shape index (κ2) is 1.69. The van der Waals surface area contributed by atoms with Crippen LogP contribution >= 0.6 is 0 Å². The Morgan fingerprint density at radius 2 is 2.44 bits per heavy atom. The van der Waals surface area contributed by atoms with Crippen LogP contribution in [0, 0.1) is 15.3 Å². The molecule has 0 aliphatic carbocycles. The van der Waals surface area contributed by atoms with Crippen LogP contribution in [0.2, 0.25) is 0 Å². The van der Waals surface area contributed by atoms with Gasteiger partial charge in [0.05, 0.1) is 0 Å². The van der Waals surface area contributed by atoms with Crippen LogP contribution in [-0.2, 0) is 0 Å². The van der Waals surface area contributed by atoms with Gasteiger partial charge in [0.1, 0.15) is 5.03 Å². The lowest BCUT2D eigenvalue weighted by molar-refractivity contribution is -0.696. The summed E-state index contributed by atoms with van der Waals surface area (Å²) in [6, 6.07) is 0. The Kier molecular flexibility index (Phi) is 1.03. The van der Waals surface area contributed by atoms with E-state index in [9.17, 15) is 15.3 Å². The largest absolute Gasteiger partial charge is 0.673 e. The molecule has 9 heavy (non-hydrogen) atoms. The maximum atomic E-state index is 10.1. The van der Waals surface area contributed by atoms with Gasteiger partial charge in [-0.05, 0) is 4.85 Å². The summed E-state index contributed by atoms with van der Waals surface area (Å²) in [7, 11) is 0. The highest BCUT2D eigenvalue weighted by Gasteiger charge is 2.10. The van der Waals surface area contributed by atoms with E-state index in [2.05, 4.69) is 5.21 Å². The predicted molar refractivity (Wildman–Crippen MR) is 23.6 cm³/mol. The van der Waals surface area contributed by atoms with Crippen molar-refractivity contribution in [2.45, 2.75) is 0 Å². The first-order valence-electron chi connectivity index (χ1n) is 2.00. The average molecular weight is 130 g/mol. The number of aromatic nitrogens is 3. The second-order valence-electron chi connectivity index (χ2n) is 1.25. The first kappa shape index (κ1) is 5.48. The Bertz CT molecular complexity index is 229. The van der Waals surface area contributed by atoms with Crippen molar-refractivity contribution in [3.05, 3.63) is 27.7 Å². The van der Waals surface area contributed by atoms with E-state index in [1.165, 1.54) is 0 Å². The fourth-order valence-corrected chi connectivity index (χ4v) is 0.354. The molecule has 7 heteroatoms. The summed E-state index contributed by atoms with van der Waals surface area (Å²) in [6.45, 7) is 0. The first-order valence-corrected chi connectivity index (χ1v) is 2.00.